The first-order valence-corrected chi connectivity index (χ1v) is 4.19. The standard InChI is InChI=1S/C7H10.CH3P/c1-2-7-4-3-6(1)5-7;1-2/h1-2,6-7H,3-5H2;2H,1H2. The van der Waals surface area contributed by atoms with Crippen LogP contribution in [0.5, 0.6) is 0 Å². The summed E-state index contributed by atoms with van der Waals surface area (Å²) in [7, 11) is 2.72. The lowest BCUT2D eigenvalue weighted by Gasteiger charge is -1.96. The first-order chi connectivity index (χ1) is 4.45. The van der Waals surface area contributed by atoms with Crippen molar-refractivity contribution in [2.24, 2.45) is 11.8 Å². The van der Waals surface area contributed by atoms with E-state index in [1.165, 1.54) is 19.3 Å². The van der Waals surface area contributed by atoms with Gasteiger partial charge in [0.25, 0.3) is 0 Å². The zero-order valence-corrected chi connectivity index (χ0v) is 6.64. The molecule has 2 atom stereocenters. The van der Waals surface area contributed by atoms with Crippen LogP contribution < -0.4 is 0 Å². The maximum absolute atomic E-state index is 3.06. The van der Waals surface area contributed by atoms with Gasteiger partial charge in [-0.2, -0.15) is 0 Å². The van der Waals surface area contributed by atoms with Gasteiger partial charge in [0.1, 0.15) is 0 Å². The van der Waals surface area contributed by atoms with Crippen molar-refractivity contribution in [2.75, 3.05) is 0 Å². The van der Waals surface area contributed by atoms with Crippen molar-refractivity contribution in [1.29, 1.82) is 0 Å². The number of fused-ring (bicyclic) bond motifs is 2. The molecule has 1 fully saturated rings. The van der Waals surface area contributed by atoms with Crippen LogP contribution in [0.25, 0.3) is 0 Å². The molecule has 0 amide bonds. The molecule has 0 spiro atoms. The molecule has 0 radical (unpaired) electrons. The van der Waals surface area contributed by atoms with Crippen LogP contribution in [0, 0.1) is 11.8 Å². The van der Waals surface area contributed by atoms with Crippen molar-refractivity contribution in [3.05, 3.63) is 12.2 Å². The summed E-state index contributed by atoms with van der Waals surface area (Å²) in [5.41, 5.74) is 0. The molecule has 2 aliphatic carbocycles. The van der Waals surface area contributed by atoms with E-state index >= 15 is 0 Å². The molecule has 2 unspecified atom stereocenters. The van der Waals surface area contributed by atoms with Gasteiger partial charge in [-0.05, 0) is 31.1 Å². The molecule has 0 aromatic rings. The summed E-state index contributed by atoms with van der Waals surface area (Å²) in [6, 6.07) is 0. The van der Waals surface area contributed by atoms with E-state index in [1.54, 1.807) is 0 Å². The van der Waals surface area contributed by atoms with Crippen LogP contribution in [0.3, 0.4) is 0 Å². The van der Waals surface area contributed by atoms with E-state index in [0.717, 1.165) is 11.8 Å². The molecule has 9 heavy (non-hydrogen) atoms. The Hall–Kier alpha value is -0.0900. The van der Waals surface area contributed by atoms with Gasteiger partial charge in [0, 0.05) is 0 Å². The number of allylic oxidation sites excluding steroid dienone is 2. The van der Waals surface area contributed by atoms with Gasteiger partial charge in [-0.1, -0.05) is 18.5 Å². The Bertz CT molecular complexity index is 106. The molecule has 50 valence electrons. The number of rotatable bonds is 0. The molecule has 0 aromatic heterocycles. The van der Waals surface area contributed by atoms with Crippen LogP contribution in [-0.4, -0.2) is 6.30 Å². The Labute approximate surface area is 59.2 Å². The molecule has 1 saturated carbocycles. The van der Waals surface area contributed by atoms with Crippen molar-refractivity contribution in [1.82, 2.24) is 0 Å². The lowest BCUT2D eigenvalue weighted by molar-refractivity contribution is 0.691. The van der Waals surface area contributed by atoms with E-state index in [1.807, 2.05) is 0 Å². The zero-order valence-electron chi connectivity index (χ0n) is 5.64. The summed E-state index contributed by atoms with van der Waals surface area (Å²) < 4.78 is 0. The lowest BCUT2D eigenvalue weighted by Crippen LogP contribution is -1.82. The summed E-state index contributed by atoms with van der Waals surface area (Å²) in [5, 5.41) is 0. The van der Waals surface area contributed by atoms with Crippen LogP contribution >= 0.6 is 8.86 Å². The molecule has 2 aliphatic rings. The van der Waals surface area contributed by atoms with Crippen molar-refractivity contribution in [3.63, 3.8) is 0 Å². The molecule has 0 heterocycles. The van der Waals surface area contributed by atoms with Crippen molar-refractivity contribution < 1.29 is 0 Å². The van der Waals surface area contributed by atoms with Crippen LogP contribution in [0.2, 0.25) is 0 Å². The minimum atomic E-state index is 0.991. The predicted octanol–water partition coefficient (Wildman–Crippen LogP) is 2.53. The number of hydrogen-bond donors (Lipinski definition) is 0. The highest BCUT2D eigenvalue weighted by Gasteiger charge is 2.25. The maximum atomic E-state index is 3.06. The van der Waals surface area contributed by atoms with Gasteiger partial charge in [-0.25, -0.2) is 0 Å². The SMILES string of the molecule is C1=CC2CCC1C2.C=P. The molecule has 2 bridgehead atoms. The van der Waals surface area contributed by atoms with Gasteiger partial charge in [0.05, 0.1) is 0 Å². The van der Waals surface area contributed by atoms with Gasteiger partial charge in [0.15, 0.2) is 0 Å². The fourth-order valence-electron chi connectivity index (χ4n) is 1.72. The predicted molar refractivity (Wildman–Crippen MR) is 45.4 cm³/mol. The normalized spacial score (nSPS) is 36.0. The molecular weight excluding hydrogens is 127 g/mol. The topological polar surface area (TPSA) is 0 Å². The highest BCUT2D eigenvalue weighted by atomic mass is 31.0. The minimum absolute atomic E-state index is 0.991. The van der Waals surface area contributed by atoms with Crippen LogP contribution in [0.15, 0.2) is 12.2 Å². The molecule has 0 aromatic carbocycles. The quantitative estimate of drug-likeness (QED) is 0.358. The van der Waals surface area contributed by atoms with Crippen LogP contribution in [-0.2, 0) is 0 Å². The minimum Gasteiger partial charge on any atom is -0.130 e. The molecule has 2 rings (SSSR count). The fourth-order valence-corrected chi connectivity index (χ4v) is 1.72. The lowest BCUT2D eigenvalue weighted by atomic mass is 10.1. The molecule has 0 N–H and O–H groups in total. The van der Waals surface area contributed by atoms with E-state index in [0.29, 0.717) is 0 Å². The van der Waals surface area contributed by atoms with E-state index in [-0.39, 0.29) is 0 Å². The molecule has 0 nitrogen and oxygen atoms in total. The van der Waals surface area contributed by atoms with Gasteiger partial charge in [-0.3, -0.25) is 0 Å². The first-order valence-electron chi connectivity index (χ1n) is 3.49. The molecular formula is C8H13P. The molecule has 0 saturated heterocycles. The monoisotopic (exact) mass is 140 g/mol. The Morgan fingerprint density at radius 3 is 1.67 bits per heavy atom. The van der Waals surface area contributed by atoms with E-state index in [9.17, 15) is 0 Å². The second-order valence-corrected chi connectivity index (χ2v) is 2.72. The van der Waals surface area contributed by atoms with Crippen LogP contribution in [0.1, 0.15) is 19.3 Å². The maximum Gasteiger partial charge on any atom is -0.0228 e. The third-order valence-electron chi connectivity index (χ3n) is 2.17. The number of hydrogen-bond acceptors (Lipinski definition) is 0. The highest BCUT2D eigenvalue weighted by Crippen LogP contribution is 2.38. The molecule has 0 aliphatic heterocycles. The Morgan fingerprint density at radius 1 is 1.11 bits per heavy atom. The van der Waals surface area contributed by atoms with Gasteiger partial charge >= 0.3 is 0 Å². The third kappa shape index (κ3) is 1.43. The zero-order chi connectivity index (χ0) is 6.69. The summed E-state index contributed by atoms with van der Waals surface area (Å²) in [6.45, 7) is 0. The Morgan fingerprint density at radius 2 is 1.56 bits per heavy atom. The summed E-state index contributed by atoms with van der Waals surface area (Å²) in [4.78, 5) is 0. The van der Waals surface area contributed by atoms with Gasteiger partial charge in [0.2, 0.25) is 0 Å². The first kappa shape index (κ1) is 7.02. The van der Waals surface area contributed by atoms with E-state index in [2.05, 4.69) is 27.3 Å². The Balaban J connectivity index is 0.000000186. The van der Waals surface area contributed by atoms with Crippen LogP contribution in [0.4, 0.5) is 0 Å². The van der Waals surface area contributed by atoms with Crippen molar-refractivity contribution in [3.8, 4) is 0 Å². The molecule has 1 heteroatoms. The summed E-state index contributed by atoms with van der Waals surface area (Å²) in [6.07, 6.45) is 12.2. The smallest absolute Gasteiger partial charge is 0.0228 e. The van der Waals surface area contributed by atoms with Gasteiger partial charge in [-0.15, -0.1) is 8.86 Å². The summed E-state index contributed by atoms with van der Waals surface area (Å²) >= 11 is 0. The average Bonchev–Trinajstić information content (AvgIpc) is 2.53. The van der Waals surface area contributed by atoms with Crippen molar-refractivity contribution >= 4 is 15.2 Å². The second-order valence-electron chi connectivity index (χ2n) is 2.72. The van der Waals surface area contributed by atoms with E-state index < -0.39 is 0 Å². The highest BCUT2D eigenvalue weighted by molar-refractivity contribution is 7.15. The second kappa shape index (κ2) is 3.17. The Kier molecular flexibility index (Phi) is 2.48. The van der Waals surface area contributed by atoms with Gasteiger partial charge < -0.3 is 0 Å². The fraction of sp³-hybridized carbons (Fsp3) is 0.625. The third-order valence-corrected chi connectivity index (χ3v) is 2.17. The average molecular weight is 140 g/mol. The van der Waals surface area contributed by atoms with E-state index in [4.69, 9.17) is 0 Å². The van der Waals surface area contributed by atoms with Crippen molar-refractivity contribution in [2.45, 2.75) is 19.3 Å². The summed E-state index contributed by atoms with van der Waals surface area (Å²) in [5.74, 6) is 1.98. The largest absolute Gasteiger partial charge is 0.130 e.